The number of fused-ring (bicyclic) bond motifs is 3. The highest BCUT2D eigenvalue weighted by Gasteiger charge is 2.28. The highest BCUT2D eigenvalue weighted by Crippen LogP contribution is 2.39. The number of hydrogen-bond donors (Lipinski definition) is 0. The van der Waals surface area contributed by atoms with Crippen LogP contribution >= 0.6 is 37.3 Å². The van der Waals surface area contributed by atoms with Gasteiger partial charge in [0, 0.05) is 37.0 Å². The molecule has 0 aliphatic heterocycles. The van der Waals surface area contributed by atoms with Gasteiger partial charge in [-0.1, -0.05) is 46.3 Å². The van der Waals surface area contributed by atoms with Crippen LogP contribution in [-0.4, -0.2) is 14.2 Å². The average molecular weight is 408 g/mol. The maximum atomic E-state index is 12.2. The molecule has 0 saturated carbocycles. The molecule has 0 bridgehead atoms. The molecule has 0 fully saturated rings. The highest BCUT2D eigenvalue weighted by atomic mass is 79.9. The lowest BCUT2D eigenvalue weighted by Crippen LogP contribution is -1.98. The van der Waals surface area contributed by atoms with Crippen molar-refractivity contribution in [3.8, 4) is 11.1 Å². The Morgan fingerprint density at radius 3 is 2.05 bits per heavy atom. The molecule has 110 valence electrons. The summed E-state index contributed by atoms with van der Waals surface area (Å²) in [6.45, 7) is 1.98. The molecule has 3 nitrogen and oxygen atoms in total. The monoisotopic (exact) mass is 406 g/mol. The Labute approximate surface area is 139 Å². The first-order valence-corrected chi connectivity index (χ1v) is 9.70. The predicted octanol–water partition coefficient (Wildman–Crippen LogP) is 4.68. The van der Waals surface area contributed by atoms with Gasteiger partial charge < -0.3 is 0 Å². The zero-order chi connectivity index (χ0) is 15.8. The van der Waals surface area contributed by atoms with Crippen LogP contribution in [0.2, 0.25) is 0 Å². The Kier molecular flexibility index (Phi) is 4.78. The standard InChI is InChI=1S/C14H9BrO.Cl2O2S/c1-8-12(15)7-6-10-9-4-2-3-5-11(9)14(16)13(8)10;1-5(2,3)4/h2-7H,1H3;. The van der Waals surface area contributed by atoms with E-state index in [4.69, 9.17) is 8.42 Å². The van der Waals surface area contributed by atoms with Crippen molar-refractivity contribution in [3.05, 3.63) is 57.6 Å². The third-order valence-corrected chi connectivity index (χ3v) is 3.95. The minimum atomic E-state index is -3.72. The van der Waals surface area contributed by atoms with E-state index in [9.17, 15) is 4.79 Å². The van der Waals surface area contributed by atoms with E-state index < -0.39 is 8.26 Å². The third kappa shape index (κ3) is 3.66. The van der Waals surface area contributed by atoms with E-state index in [0.29, 0.717) is 0 Å². The molecular weight excluding hydrogens is 399 g/mol. The molecule has 1 aliphatic carbocycles. The number of rotatable bonds is 0. The molecule has 21 heavy (non-hydrogen) atoms. The van der Waals surface area contributed by atoms with Gasteiger partial charge >= 0.3 is 8.26 Å². The molecule has 1 aliphatic rings. The zero-order valence-corrected chi connectivity index (χ0v) is 14.6. The number of carbonyl (C=O) groups is 1. The van der Waals surface area contributed by atoms with Gasteiger partial charge in [-0.15, -0.1) is 0 Å². The fraction of sp³-hybridized carbons (Fsp3) is 0.0714. The lowest BCUT2D eigenvalue weighted by atomic mass is 10.0. The molecule has 3 rings (SSSR count). The van der Waals surface area contributed by atoms with Gasteiger partial charge in [-0.25, -0.2) is 0 Å². The third-order valence-electron chi connectivity index (χ3n) is 3.09. The van der Waals surface area contributed by atoms with E-state index in [1.54, 1.807) is 0 Å². The first-order chi connectivity index (χ1) is 9.70. The molecule has 0 spiro atoms. The summed E-state index contributed by atoms with van der Waals surface area (Å²) in [6, 6.07) is 11.8. The summed E-state index contributed by atoms with van der Waals surface area (Å²) in [6.07, 6.45) is 0. The summed E-state index contributed by atoms with van der Waals surface area (Å²) in [5.41, 5.74) is 4.80. The largest absolute Gasteiger partial charge is 0.317 e. The van der Waals surface area contributed by atoms with Gasteiger partial charge in [0.05, 0.1) is 0 Å². The molecule has 2 aromatic rings. The van der Waals surface area contributed by atoms with Gasteiger partial charge in [0.25, 0.3) is 0 Å². The minimum Gasteiger partial charge on any atom is -0.289 e. The predicted molar refractivity (Wildman–Crippen MR) is 88.4 cm³/mol. The van der Waals surface area contributed by atoms with Crippen molar-refractivity contribution in [1.82, 2.24) is 0 Å². The Morgan fingerprint density at radius 2 is 1.48 bits per heavy atom. The van der Waals surface area contributed by atoms with Gasteiger partial charge in [-0.2, -0.15) is 8.42 Å². The topological polar surface area (TPSA) is 51.2 Å². The van der Waals surface area contributed by atoms with E-state index in [2.05, 4.69) is 37.3 Å². The summed E-state index contributed by atoms with van der Waals surface area (Å²) in [4.78, 5) is 12.2. The summed E-state index contributed by atoms with van der Waals surface area (Å²) in [7, 11) is 4.81. The first kappa shape index (κ1) is 16.5. The molecule has 0 radical (unpaired) electrons. The van der Waals surface area contributed by atoms with E-state index in [-0.39, 0.29) is 5.78 Å². The summed E-state index contributed by atoms with van der Waals surface area (Å²) in [5.74, 6) is 0.143. The Morgan fingerprint density at radius 1 is 0.952 bits per heavy atom. The fourth-order valence-corrected chi connectivity index (χ4v) is 2.58. The summed E-state index contributed by atoms with van der Waals surface area (Å²) < 4.78 is 19.3. The number of ketones is 1. The molecule has 0 aromatic heterocycles. The van der Waals surface area contributed by atoms with Gasteiger partial charge in [0.2, 0.25) is 0 Å². The molecule has 0 heterocycles. The Bertz CT molecular complexity index is 824. The molecule has 7 heteroatoms. The molecule has 0 unspecified atom stereocenters. The molecule has 0 amide bonds. The van der Waals surface area contributed by atoms with Crippen LogP contribution in [-0.2, 0) is 8.26 Å². The van der Waals surface area contributed by atoms with Crippen molar-refractivity contribution in [2.45, 2.75) is 6.92 Å². The van der Waals surface area contributed by atoms with E-state index in [1.807, 2.05) is 43.3 Å². The molecule has 0 atom stereocenters. The Balaban J connectivity index is 0.000000282. The van der Waals surface area contributed by atoms with Crippen LogP contribution < -0.4 is 0 Å². The zero-order valence-electron chi connectivity index (χ0n) is 10.7. The quantitative estimate of drug-likeness (QED) is 0.508. The molecule has 0 saturated heterocycles. The van der Waals surface area contributed by atoms with Crippen molar-refractivity contribution in [1.29, 1.82) is 0 Å². The van der Waals surface area contributed by atoms with Crippen molar-refractivity contribution in [2.24, 2.45) is 0 Å². The summed E-state index contributed by atoms with van der Waals surface area (Å²) in [5, 5.41) is 0. The Hall–Kier alpha value is -0.880. The SMILES string of the molecule is Cc1c(Br)ccc2c1C(=O)c1ccccc1-2.O=S(=O)(Cl)Cl. The number of carbonyl (C=O) groups excluding carboxylic acids is 1. The molecule has 0 N–H and O–H groups in total. The van der Waals surface area contributed by atoms with Gasteiger partial charge in [-0.3, -0.25) is 4.79 Å². The maximum Gasteiger partial charge on any atom is 0.317 e. The number of halogens is 3. The van der Waals surface area contributed by atoms with Gasteiger partial charge in [0.15, 0.2) is 5.78 Å². The fourth-order valence-electron chi connectivity index (χ4n) is 2.25. The van der Waals surface area contributed by atoms with Crippen LogP contribution in [0.15, 0.2) is 40.9 Å². The second kappa shape index (κ2) is 6.08. The lowest BCUT2D eigenvalue weighted by molar-refractivity contribution is 0.104. The van der Waals surface area contributed by atoms with Gasteiger partial charge in [0.1, 0.15) is 0 Å². The maximum absolute atomic E-state index is 12.2. The first-order valence-electron chi connectivity index (χ1n) is 5.77. The van der Waals surface area contributed by atoms with E-state index >= 15 is 0 Å². The number of hydrogen-bond acceptors (Lipinski definition) is 3. The van der Waals surface area contributed by atoms with Gasteiger partial charge in [-0.05, 0) is 29.7 Å². The van der Waals surface area contributed by atoms with Crippen molar-refractivity contribution in [2.75, 3.05) is 0 Å². The van der Waals surface area contributed by atoms with Crippen molar-refractivity contribution in [3.63, 3.8) is 0 Å². The lowest BCUT2D eigenvalue weighted by Gasteiger charge is -2.04. The normalized spacial score (nSPS) is 12.3. The van der Waals surface area contributed by atoms with Crippen LogP contribution in [0.3, 0.4) is 0 Å². The van der Waals surface area contributed by atoms with Crippen LogP contribution in [0.25, 0.3) is 11.1 Å². The minimum absolute atomic E-state index is 0.143. The van der Waals surface area contributed by atoms with E-state index in [0.717, 1.165) is 32.3 Å². The highest BCUT2D eigenvalue weighted by molar-refractivity contribution is 9.10. The van der Waals surface area contributed by atoms with Crippen LogP contribution in [0.5, 0.6) is 0 Å². The molecular formula is C14H9BrCl2O3S. The number of benzene rings is 2. The van der Waals surface area contributed by atoms with Crippen LogP contribution in [0.1, 0.15) is 21.5 Å². The van der Waals surface area contributed by atoms with Crippen LogP contribution in [0, 0.1) is 6.92 Å². The van der Waals surface area contributed by atoms with Crippen molar-refractivity contribution < 1.29 is 13.2 Å². The van der Waals surface area contributed by atoms with Crippen LogP contribution in [0.4, 0.5) is 0 Å². The second-order valence-corrected chi connectivity index (χ2v) is 8.87. The average Bonchev–Trinajstić information content (AvgIpc) is 2.67. The van der Waals surface area contributed by atoms with Crippen molar-refractivity contribution >= 4 is 51.3 Å². The van der Waals surface area contributed by atoms with E-state index in [1.165, 1.54) is 0 Å². The molecule has 2 aromatic carbocycles. The summed E-state index contributed by atoms with van der Waals surface area (Å²) >= 11 is 3.47. The smallest absolute Gasteiger partial charge is 0.289 e. The second-order valence-electron chi connectivity index (χ2n) is 4.35.